The van der Waals surface area contributed by atoms with Gasteiger partial charge in [-0.1, -0.05) is 12.1 Å². The number of aliphatic hydroxyl groups is 1. The van der Waals surface area contributed by atoms with Crippen molar-refractivity contribution in [3.8, 4) is 0 Å². The van der Waals surface area contributed by atoms with Gasteiger partial charge in [-0.05, 0) is 56.2 Å². The third-order valence-corrected chi connectivity index (χ3v) is 4.04. The second-order valence-corrected chi connectivity index (χ2v) is 6.06. The second-order valence-electron chi connectivity index (χ2n) is 6.06. The number of nitrogens with zero attached hydrogens (tertiary/aromatic N) is 1. The Morgan fingerprint density at radius 1 is 1.30 bits per heavy atom. The summed E-state index contributed by atoms with van der Waals surface area (Å²) in [5, 5.41) is 12.4. The van der Waals surface area contributed by atoms with Gasteiger partial charge in [-0.3, -0.25) is 0 Å². The van der Waals surface area contributed by atoms with Crippen LogP contribution in [-0.2, 0) is 0 Å². The van der Waals surface area contributed by atoms with Gasteiger partial charge < -0.3 is 15.3 Å². The van der Waals surface area contributed by atoms with Crippen molar-refractivity contribution >= 4 is 11.7 Å². The normalized spacial score (nSPS) is 19.5. The summed E-state index contributed by atoms with van der Waals surface area (Å²) in [6, 6.07) is 7.87. The molecule has 20 heavy (non-hydrogen) atoms. The molecule has 2 aliphatic rings. The summed E-state index contributed by atoms with van der Waals surface area (Å²) < 4.78 is 0. The summed E-state index contributed by atoms with van der Waals surface area (Å²) in [5.41, 5.74) is 1.65. The van der Waals surface area contributed by atoms with Crippen molar-refractivity contribution < 1.29 is 9.90 Å². The highest BCUT2D eigenvalue weighted by atomic mass is 16.3. The zero-order valence-corrected chi connectivity index (χ0v) is 11.9. The molecule has 1 atom stereocenters. The minimum absolute atomic E-state index is 0.0178. The smallest absolute Gasteiger partial charge is 0.322 e. The third-order valence-electron chi connectivity index (χ3n) is 4.04. The van der Waals surface area contributed by atoms with Gasteiger partial charge in [0.2, 0.25) is 0 Å². The molecule has 2 aliphatic carbocycles. The molecule has 4 heteroatoms. The number of hydrogen-bond donors (Lipinski definition) is 2. The first-order chi connectivity index (χ1) is 9.63. The zero-order chi connectivity index (χ0) is 14.1. The number of nitrogens with one attached hydrogen (secondary N) is 1. The number of aliphatic hydroxyl groups excluding tert-OH is 1. The predicted molar refractivity (Wildman–Crippen MR) is 78.5 cm³/mol. The number of anilines is 1. The number of urea groups is 1. The van der Waals surface area contributed by atoms with Crippen LogP contribution in [0.2, 0.25) is 0 Å². The molecule has 4 nitrogen and oxygen atoms in total. The van der Waals surface area contributed by atoms with E-state index in [0.717, 1.165) is 36.6 Å². The summed E-state index contributed by atoms with van der Waals surface area (Å²) in [5.74, 6) is 0.721. The average Bonchev–Trinajstić information content (AvgIpc) is 3.29. The van der Waals surface area contributed by atoms with Gasteiger partial charge in [-0.2, -0.15) is 0 Å². The fourth-order valence-electron chi connectivity index (χ4n) is 2.40. The molecule has 1 aromatic rings. The van der Waals surface area contributed by atoms with Crippen molar-refractivity contribution in [3.05, 3.63) is 29.8 Å². The van der Waals surface area contributed by atoms with E-state index in [1.54, 1.807) is 6.92 Å². The lowest BCUT2D eigenvalue weighted by molar-refractivity contribution is 0.199. The standard InChI is InChI=1S/C16H22N2O2/c1-11(19)13-4-6-14(7-5-13)17-16(20)18(15-8-9-15)10-12-2-3-12/h4-7,11-12,15,19H,2-3,8-10H2,1H3,(H,17,20). The van der Waals surface area contributed by atoms with Crippen LogP contribution >= 0.6 is 0 Å². The molecule has 2 fully saturated rings. The van der Waals surface area contributed by atoms with E-state index in [1.807, 2.05) is 29.2 Å². The number of rotatable bonds is 5. The minimum Gasteiger partial charge on any atom is -0.389 e. The van der Waals surface area contributed by atoms with E-state index in [0.29, 0.717) is 6.04 Å². The lowest BCUT2D eigenvalue weighted by Crippen LogP contribution is -2.38. The Morgan fingerprint density at radius 3 is 2.45 bits per heavy atom. The molecule has 0 heterocycles. The third kappa shape index (κ3) is 3.31. The minimum atomic E-state index is -0.474. The Kier molecular flexibility index (Phi) is 3.66. The van der Waals surface area contributed by atoms with Gasteiger partial charge in [0.15, 0.2) is 0 Å². The van der Waals surface area contributed by atoms with Crippen LogP contribution < -0.4 is 5.32 Å². The molecule has 2 amide bonds. The lowest BCUT2D eigenvalue weighted by atomic mass is 10.1. The highest BCUT2D eigenvalue weighted by Crippen LogP contribution is 2.35. The van der Waals surface area contributed by atoms with Crippen LogP contribution in [0.1, 0.15) is 44.3 Å². The van der Waals surface area contributed by atoms with Crippen LogP contribution in [0.4, 0.5) is 10.5 Å². The van der Waals surface area contributed by atoms with Gasteiger partial charge in [0, 0.05) is 18.3 Å². The highest BCUT2D eigenvalue weighted by Gasteiger charge is 2.36. The van der Waals surface area contributed by atoms with Gasteiger partial charge in [0.1, 0.15) is 0 Å². The van der Waals surface area contributed by atoms with Gasteiger partial charge >= 0.3 is 6.03 Å². The van der Waals surface area contributed by atoms with Gasteiger partial charge in [-0.15, -0.1) is 0 Å². The number of carbonyl (C=O) groups excluding carboxylic acids is 1. The van der Waals surface area contributed by atoms with Gasteiger partial charge in [0.05, 0.1) is 6.10 Å². The molecule has 1 aromatic carbocycles. The lowest BCUT2D eigenvalue weighted by Gasteiger charge is -2.22. The van der Waals surface area contributed by atoms with Crippen LogP contribution in [0.5, 0.6) is 0 Å². The molecule has 0 bridgehead atoms. The summed E-state index contributed by atoms with van der Waals surface area (Å²) in [6.07, 6.45) is 4.33. The van der Waals surface area contributed by atoms with E-state index < -0.39 is 6.10 Å². The summed E-state index contributed by atoms with van der Waals surface area (Å²) in [6.45, 7) is 2.64. The van der Waals surface area contributed by atoms with E-state index in [-0.39, 0.29) is 6.03 Å². The molecule has 2 N–H and O–H groups in total. The van der Waals surface area contributed by atoms with E-state index in [1.165, 1.54) is 12.8 Å². The predicted octanol–water partition coefficient (Wildman–Crippen LogP) is 3.15. The quantitative estimate of drug-likeness (QED) is 0.866. The van der Waals surface area contributed by atoms with Crippen LogP contribution in [0.15, 0.2) is 24.3 Å². The molecular weight excluding hydrogens is 252 g/mol. The monoisotopic (exact) mass is 274 g/mol. The first-order valence-electron chi connectivity index (χ1n) is 7.49. The maximum absolute atomic E-state index is 12.3. The molecule has 0 aliphatic heterocycles. The number of carbonyl (C=O) groups is 1. The van der Waals surface area contributed by atoms with E-state index >= 15 is 0 Å². The number of amides is 2. The number of benzene rings is 1. The molecule has 1 unspecified atom stereocenters. The maximum Gasteiger partial charge on any atom is 0.322 e. The first-order valence-corrected chi connectivity index (χ1v) is 7.49. The Bertz CT molecular complexity index is 476. The molecule has 108 valence electrons. The summed E-state index contributed by atoms with van der Waals surface area (Å²) in [4.78, 5) is 14.3. The van der Waals surface area contributed by atoms with Crippen LogP contribution in [0.3, 0.4) is 0 Å². The summed E-state index contributed by atoms with van der Waals surface area (Å²) in [7, 11) is 0. The zero-order valence-electron chi connectivity index (χ0n) is 11.9. The van der Waals surface area contributed by atoms with Crippen molar-refractivity contribution in [3.63, 3.8) is 0 Å². The molecule has 0 aromatic heterocycles. The van der Waals surface area contributed by atoms with Gasteiger partial charge in [-0.25, -0.2) is 4.79 Å². The molecule has 3 rings (SSSR count). The Morgan fingerprint density at radius 2 is 1.95 bits per heavy atom. The Balaban J connectivity index is 1.61. The van der Waals surface area contributed by atoms with E-state index in [4.69, 9.17) is 0 Å². The van der Waals surface area contributed by atoms with Gasteiger partial charge in [0.25, 0.3) is 0 Å². The Hall–Kier alpha value is -1.55. The van der Waals surface area contributed by atoms with Crippen molar-refractivity contribution in [2.24, 2.45) is 5.92 Å². The molecule has 2 saturated carbocycles. The topological polar surface area (TPSA) is 52.6 Å². The van der Waals surface area contributed by atoms with Crippen LogP contribution in [0.25, 0.3) is 0 Å². The fraction of sp³-hybridized carbons (Fsp3) is 0.562. The van der Waals surface area contributed by atoms with E-state index in [2.05, 4.69) is 5.32 Å². The van der Waals surface area contributed by atoms with Crippen molar-refractivity contribution in [1.29, 1.82) is 0 Å². The second kappa shape index (κ2) is 5.44. The summed E-state index contributed by atoms with van der Waals surface area (Å²) >= 11 is 0. The average molecular weight is 274 g/mol. The Labute approximate surface area is 119 Å². The first kappa shape index (κ1) is 13.4. The molecular formula is C16H22N2O2. The van der Waals surface area contributed by atoms with Crippen molar-refractivity contribution in [1.82, 2.24) is 4.90 Å². The molecule has 0 saturated heterocycles. The van der Waals surface area contributed by atoms with Crippen molar-refractivity contribution in [2.75, 3.05) is 11.9 Å². The van der Waals surface area contributed by atoms with Crippen LogP contribution in [-0.4, -0.2) is 28.6 Å². The molecule has 0 spiro atoms. The maximum atomic E-state index is 12.3. The van der Waals surface area contributed by atoms with E-state index in [9.17, 15) is 9.90 Å². The largest absolute Gasteiger partial charge is 0.389 e. The van der Waals surface area contributed by atoms with Crippen LogP contribution in [0, 0.1) is 5.92 Å². The number of hydrogen-bond acceptors (Lipinski definition) is 2. The molecule has 0 radical (unpaired) electrons. The highest BCUT2D eigenvalue weighted by molar-refractivity contribution is 5.89. The van der Waals surface area contributed by atoms with Crippen molar-refractivity contribution in [2.45, 2.75) is 44.8 Å². The SMILES string of the molecule is CC(O)c1ccc(NC(=O)N(CC2CC2)C2CC2)cc1. The fourth-order valence-corrected chi connectivity index (χ4v) is 2.40.